The van der Waals surface area contributed by atoms with Gasteiger partial charge in [-0.2, -0.15) is 4.72 Å². The van der Waals surface area contributed by atoms with E-state index in [1.165, 1.54) is 20.0 Å². The summed E-state index contributed by atoms with van der Waals surface area (Å²) in [5.41, 5.74) is 0.846. The van der Waals surface area contributed by atoms with E-state index in [0.29, 0.717) is 5.56 Å². The lowest BCUT2D eigenvalue weighted by atomic mass is 10.1. The van der Waals surface area contributed by atoms with Gasteiger partial charge in [-0.05, 0) is 31.0 Å². The molecule has 1 atom stereocenters. The van der Waals surface area contributed by atoms with Crippen molar-refractivity contribution in [2.45, 2.75) is 31.2 Å². The molecule has 1 aromatic carbocycles. The smallest absolute Gasteiger partial charge is 0.322 e. The zero-order valence-corrected chi connectivity index (χ0v) is 16.2. The van der Waals surface area contributed by atoms with Crippen molar-refractivity contribution in [2.75, 3.05) is 17.6 Å². The van der Waals surface area contributed by atoms with E-state index < -0.39 is 44.4 Å². The Morgan fingerprint density at radius 3 is 2.08 bits per heavy atom. The number of hydrogen-bond donors (Lipinski definition) is 3. The van der Waals surface area contributed by atoms with E-state index in [-0.39, 0.29) is 16.1 Å². The lowest BCUT2D eigenvalue weighted by Gasteiger charge is -2.22. The fourth-order valence-corrected chi connectivity index (χ4v) is 4.22. The minimum Gasteiger partial charge on any atom is -0.481 e. The molecule has 0 aliphatic heterocycles. The highest BCUT2D eigenvalue weighted by molar-refractivity contribution is 7.92. The van der Waals surface area contributed by atoms with Crippen molar-refractivity contribution in [1.29, 1.82) is 0 Å². The molecule has 146 valence electrons. The van der Waals surface area contributed by atoms with Crippen LogP contribution in [0.2, 0.25) is 0 Å². The number of carbonyl (C=O) groups is 2. The first-order valence-electron chi connectivity index (χ1n) is 7.19. The van der Waals surface area contributed by atoms with Gasteiger partial charge in [0.25, 0.3) is 0 Å². The molecule has 0 radical (unpaired) electrons. The molecule has 0 amide bonds. The van der Waals surface area contributed by atoms with Crippen molar-refractivity contribution >= 4 is 37.7 Å². The maximum absolute atomic E-state index is 12.5. The Bertz CT molecular complexity index is 938. The molecule has 3 N–H and O–H groups in total. The summed E-state index contributed by atoms with van der Waals surface area (Å²) in [6.45, 7) is 3.05. The molecule has 0 saturated carbocycles. The highest BCUT2D eigenvalue weighted by Crippen LogP contribution is 2.28. The van der Waals surface area contributed by atoms with Crippen LogP contribution in [0, 0.1) is 13.8 Å². The van der Waals surface area contributed by atoms with E-state index in [4.69, 9.17) is 10.2 Å². The lowest BCUT2D eigenvalue weighted by Crippen LogP contribution is -2.42. The van der Waals surface area contributed by atoms with Gasteiger partial charge in [-0.15, -0.1) is 0 Å². The van der Waals surface area contributed by atoms with Crippen LogP contribution in [0.4, 0.5) is 5.69 Å². The fourth-order valence-electron chi connectivity index (χ4n) is 2.23. The first-order valence-corrected chi connectivity index (χ1v) is 10.5. The minimum absolute atomic E-state index is 0.101. The summed E-state index contributed by atoms with van der Waals surface area (Å²) in [6.07, 6.45) is 0.00160. The van der Waals surface area contributed by atoms with Crippen LogP contribution in [-0.2, 0) is 29.6 Å². The normalized spacial score (nSPS) is 13.2. The Hall–Kier alpha value is -2.18. The number of carboxylic acid groups (broad SMARTS) is 2. The van der Waals surface area contributed by atoms with Crippen molar-refractivity contribution in [1.82, 2.24) is 4.72 Å². The SMILES string of the molecule is Cc1cc(C)c(S(=O)(=O)N[C@H](CC(=O)O)C(=O)O)cc1N(C)S(C)(=O)=O. The second-order valence-electron chi connectivity index (χ2n) is 5.74. The van der Waals surface area contributed by atoms with Gasteiger partial charge >= 0.3 is 11.9 Å². The van der Waals surface area contributed by atoms with Crippen LogP contribution in [0.3, 0.4) is 0 Å². The number of aryl methyl sites for hydroxylation is 2. The Labute approximate surface area is 151 Å². The molecule has 26 heavy (non-hydrogen) atoms. The van der Waals surface area contributed by atoms with Crippen LogP contribution in [-0.4, -0.2) is 58.3 Å². The van der Waals surface area contributed by atoms with Gasteiger partial charge in [-0.3, -0.25) is 13.9 Å². The number of carboxylic acids is 2. The molecular formula is C14H20N2O8S2. The largest absolute Gasteiger partial charge is 0.481 e. The molecule has 0 bridgehead atoms. The summed E-state index contributed by atoms with van der Waals surface area (Å²) >= 11 is 0. The van der Waals surface area contributed by atoms with Crippen molar-refractivity contribution < 1.29 is 36.6 Å². The number of rotatable bonds is 8. The van der Waals surface area contributed by atoms with Gasteiger partial charge < -0.3 is 10.2 Å². The number of hydrogen-bond acceptors (Lipinski definition) is 6. The first-order chi connectivity index (χ1) is 11.7. The summed E-state index contributed by atoms with van der Waals surface area (Å²) in [6, 6.07) is 0.681. The van der Waals surface area contributed by atoms with Crippen LogP contribution in [0.1, 0.15) is 17.5 Å². The van der Waals surface area contributed by atoms with Gasteiger partial charge in [0.15, 0.2) is 0 Å². The van der Waals surface area contributed by atoms with Gasteiger partial charge in [0, 0.05) is 7.05 Å². The molecule has 0 aliphatic rings. The molecule has 10 nitrogen and oxygen atoms in total. The average molecular weight is 408 g/mol. The van der Waals surface area contributed by atoms with E-state index in [9.17, 15) is 26.4 Å². The monoisotopic (exact) mass is 408 g/mol. The Kier molecular flexibility index (Phi) is 6.39. The van der Waals surface area contributed by atoms with Gasteiger partial charge in [-0.1, -0.05) is 6.07 Å². The summed E-state index contributed by atoms with van der Waals surface area (Å²) in [5, 5.41) is 17.7. The van der Waals surface area contributed by atoms with Gasteiger partial charge in [-0.25, -0.2) is 16.8 Å². The third kappa shape index (κ3) is 5.16. The molecule has 0 fully saturated rings. The summed E-state index contributed by atoms with van der Waals surface area (Å²) in [5.74, 6) is -3.13. The summed E-state index contributed by atoms with van der Waals surface area (Å²) in [7, 11) is -6.82. The molecule has 0 aliphatic carbocycles. The predicted molar refractivity (Wildman–Crippen MR) is 93.2 cm³/mol. The van der Waals surface area contributed by atoms with Gasteiger partial charge in [0.05, 0.1) is 23.3 Å². The predicted octanol–water partition coefficient (Wildman–Crippen LogP) is -0.0946. The minimum atomic E-state index is -4.41. The number of benzene rings is 1. The van der Waals surface area contributed by atoms with E-state index >= 15 is 0 Å². The molecule has 0 aromatic heterocycles. The van der Waals surface area contributed by atoms with Crippen molar-refractivity contribution in [3.63, 3.8) is 0 Å². The average Bonchev–Trinajstić information content (AvgIpc) is 2.43. The third-order valence-corrected chi connectivity index (χ3v) is 6.40. The number of sulfonamides is 2. The zero-order valence-electron chi connectivity index (χ0n) is 14.5. The standard InChI is InChI=1S/C14H20N2O8S2/c1-8-5-9(2)12(7-11(8)16(3)25(4,21)22)26(23,24)15-10(14(19)20)6-13(17)18/h5,7,10,15H,6H2,1-4H3,(H,17,18)(H,19,20)/t10-/m1/s1. The van der Waals surface area contributed by atoms with Crippen molar-refractivity contribution in [3.8, 4) is 0 Å². The summed E-state index contributed by atoms with van der Waals surface area (Å²) < 4.78 is 51.3. The van der Waals surface area contributed by atoms with Crippen LogP contribution in [0.5, 0.6) is 0 Å². The van der Waals surface area contributed by atoms with Gasteiger partial charge in [0.2, 0.25) is 20.0 Å². The van der Waals surface area contributed by atoms with Crippen molar-refractivity contribution in [3.05, 3.63) is 23.3 Å². The number of nitrogens with zero attached hydrogens (tertiary/aromatic N) is 1. The molecule has 0 heterocycles. The molecule has 0 unspecified atom stereocenters. The van der Waals surface area contributed by atoms with Crippen molar-refractivity contribution in [2.24, 2.45) is 0 Å². The Morgan fingerprint density at radius 2 is 1.65 bits per heavy atom. The maximum Gasteiger partial charge on any atom is 0.322 e. The van der Waals surface area contributed by atoms with E-state index in [2.05, 4.69) is 0 Å². The van der Waals surface area contributed by atoms with E-state index in [1.807, 2.05) is 4.72 Å². The maximum atomic E-state index is 12.5. The molecule has 1 rings (SSSR count). The molecule has 1 aromatic rings. The van der Waals surface area contributed by atoms with E-state index in [0.717, 1.165) is 16.6 Å². The van der Waals surface area contributed by atoms with Crippen LogP contribution in [0.15, 0.2) is 17.0 Å². The van der Waals surface area contributed by atoms with Crippen LogP contribution >= 0.6 is 0 Å². The Morgan fingerprint density at radius 1 is 1.12 bits per heavy atom. The lowest BCUT2D eigenvalue weighted by molar-refractivity contribution is -0.145. The number of aliphatic carboxylic acids is 2. The topological polar surface area (TPSA) is 158 Å². The van der Waals surface area contributed by atoms with Gasteiger partial charge in [0.1, 0.15) is 6.04 Å². The molecule has 0 spiro atoms. The quantitative estimate of drug-likeness (QED) is 0.538. The molecule has 12 heteroatoms. The molecule has 0 saturated heterocycles. The zero-order chi connectivity index (χ0) is 20.4. The first kappa shape index (κ1) is 21.9. The third-order valence-electron chi connectivity index (χ3n) is 3.59. The highest BCUT2D eigenvalue weighted by Gasteiger charge is 2.29. The number of anilines is 1. The summed E-state index contributed by atoms with van der Waals surface area (Å²) in [4.78, 5) is 21.5. The Balaban J connectivity index is 3.45. The fraction of sp³-hybridized carbons (Fsp3) is 0.429. The van der Waals surface area contributed by atoms with E-state index in [1.54, 1.807) is 6.92 Å². The second kappa shape index (κ2) is 7.60. The highest BCUT2D eigenvalue weighted by atomic mass is 32.2. The van der Waals surface area contributed by atoms with Crippen LogP contribution in [0.25, 0.3) is 0 Å². The second-order valence-corrected chi connectivity index (χ2v) is 9.44. The van der Waals surface area contributed by atoms with Crippen LogP contribution < -0.4 is 9.03 Å². The number of nitrogens with one attached hydrogen (secondary N) is 1. The molecular weight excluding hydrogens is 388 g/mol.